The number of carbonyl (C=O) groups excluding carboxylic acids is 1. The Morgan fingerprint density at radius 3 is 2.85 bits per heavy atom. The molecule has 0 aliphatic carbocycles. The van der Waals surface area contributed by atoms with Crippen LogP contribution in [0, 0.1) is 5.82 Å². The Kier molecular flexibility index (Phi) is 4.25. The number of likely N-dealkylation sites (N-methyl/N-ethyl adjacent to an activating group) is 1. The van der Waals surface area contributed by atoms with Crippen LogP contribution in [0.5, 0.6) is 0 Å². The molecule has 5 nitrogen and oxygen atoms in total. The van der Waals surface area contributed by atoms with Crippen molar-refractivity contribution in [3.05, 3.63) is 29.6 Å². The van der Waals surface area contributed by atoms with Gasteiger partial charge in [0.25, 0.3) is 5.91 Å². The molecule has 1 heterocycles. The Bertz CT molecular complexity index is 507. The molecule has 0 radical (unpaired) electrons. The number of aliphatic hydroxyl groups excluding tert-OH is 1. The molecule has 110 valence electrons. The van der Waals surface area contributed by atoms with E-state index < -0.39 is 11.9 Å². The highest BCUT2D eigenvalue weighted by Crippen LogP contribution is 2.22. The quantitative estimate of drug-likeness (QED) is 0.794. The summed E-state index contributed by atoms with van der Waals surface area (Å²) in [6.45, 7) is 0.948. The van der Waals surface area contributed by atoms with Crippen LogP contribution in [-0.4, -0.2) is 60.1 Å². The number of hydrogen-bond donors (Lipinski definition) is 2. The van der Waals surface area contributed by atoms with Crippen LogP contribution in [0.3, 0.4) is 0 Å². The lowest BCUT2D eigenvalue weighted by Crippen LogP contribution is -2.41. The molecule has 2 unspecified atom stereocenters. The van der Waals surface area contributed by atoms with Gasteiger partial charge in [-0.3, -0.25) is 4.79 Å². The van der Waals surface area contributed by atoms with E-state index in [1.165, 1.54) is 12.1 Å². The first-order valence-electron chi connectivity index (χ1n) is 6.57. The second-order valence-corrected chi connectivity index (χ2v) is 5.50. The van der Waals surface area contributed by atoms with Crippen LogP contribution >= 0.6 is 0 Å². The number of nitrogens with two attached hydrogens (primary N) is 1. The smallest absolute Gasteiger partial charge is 0.254 e. The SMILES string of the molecule is CN(C)CC1CC(O)CN1C(=O)c1ccc(N)c(F)c1. The van der Waals surface area contributed by atoms with Crippen LogP contribution in [0.15, 0.2) is 18.2 Å². The highest BCUT2D eigenvalue weighted by atomic mass is 19.1. The minimum atomic E-state index is -0.597. The van der Waals surface area contributed by atoms with Gasteiger partial charge in [-0.1, -0.05) is 0 Å². The number of nitrogens with zero attached hydrogens (tertiary/aromatic N) is 2. The average molecular weight is 281 g/mol. The molecule has 0 aromatic heterocycles. The monoisotopic (exact) mass is 281 g/mol. The summed E-state index contributed by atoms with van der Waals surface area (Å²) in [4.78, 5) is 16.0. The second-order valence-electron chi connectivity index (χ2n) is 5.50. The van der Waals surface area contributed by atoms with Crippen molar-refractivity contribution in [1.82, 2.24) is 9.80 Å². The highest BCUT2D eigenvalue weighted by molar-refractivity contribution is 5.95. The number of carbonyl (C=O) groups is 1. The van der Waals surface area contributed by atoms with E-state index in [0.717, 1.165) is 6.07 Å². The molecule has 6 heteroatoms. The van der Waals surface area contributed by atoms with Gasteiger partial charge >= 0.3 is 0 Å². The number of aliphatic hydroxyl groups is 1. The minimum absolute atomic E-state index is 0.0212. The molecule has 0 bridgehead atoms. The van der Waals surface area contributed by atoms with Gasteiger partial charge in [-0.25, -0.2) is 4.39 Å². The number of nitrogen functional groups attached to an aromatic ring is 1. The van der Waals surface area contributed by atoms with Crippen LogP contribution in [0.25, 0.3) is 0 Å². The van der Waals surface area contributed by atoms with Crippen molar-refractivity contribution in [2.75, 3.05) is 32.9 Å². The Labute approximate surface area is 117 Å². The number of halogens is 1. The zero-order valence-electron chi connectivity index (χ0n) is 11.7. The van der Waals surface area contributed by atoms with E-state index in [0.29, 0.717) is 13.0 Å². The van der Waals surface area contributed by atoms with Gasteiger partial charge in [-0.05, 0) is 38.7 Å². The van der Waals surface area contributed by atoms with E-state index in [1.54, 1.807) is 4.90 Å². The van der Waals surface area contributed by atoms with Gasteiger partial charge in [-0.15, -0.1) is 0 Å². The summed E-state index contributed by atoms with van der Waals surface area (Å²) in [5.74, 6) is -0.868. The molecule has 0 spiro atoms. The number of likely N-dealkylation sites (tertiary alicyclic amines) is 1. The van der Waals surface area contributed by atoms with E-state index in [1.807, 2.05) is 19.0 Å². The summed E-state index contributed by atoms with van der Waals surface area (Å²) in [5.41, 5.74) is 5.69. The third-order valence-corrected chi connectivity index (χ3v) is 3.48. The molecular formula is C14H20FN3O2. The van der Waals surface area contributed by atoms with E-state index in [4.69, 9.17) is 5.73 Å². The van der Waals surface area contributed by atoms with Crippen molar-refractivity contribution < 1.29 is 14.3 Å². The fraction of sp³-hybridized carbons (Fsp3) is 0.500. The molecular weight excluding hydrogens is 261 g/mol. The Hall–Kier alpha value is -1.66. The Morgan fingerprint density at radius 1 is 1.55 bits per heavy atom. The van der Waals surface area contributed by atoms with Gasteiger partial charge < -0.3 is 20.6 Å². The lowest BCUT2D eigenvalue weighted by Gasteiger charge is -2.27. The maximum Gasteiger partial charge on any atom is 0.254 e. The normalized spacial score (nSPS) is 22.6. The van der Waals surface area contributed by atoms with Crippen molar-refractivity contribution >= 4 is 11.6 Å². The van der Waals surface area contributed by atoms with Crippen molar-refractivity contribution in [3.63, 3.8) is 0 Å². The highest BCUT2D eigenvalue weighted by Gasteiger charge is 2.35. The summed E-state index contributed by atoms with van der Waals surface area (Å²) in [5, 5.41) is 9.77. The maximum atomic E-state index is 13.5. The largest absolute Gasteiger partial charge is 0.396 e. The summed E-state index contributed by atoms with van der Waals surface area (Å²) in [6, 6.07) is 3.98. The van der Waals surface area contributed by atoms with E-state index in [9.17, 15) is 14.3 Å². The topological polar surface area (TPSA) is 69.8 Å². The predicted molar refractivity (Wildman–Crippen MR) is 74.8 cm³/mol. The fourth-order valence-electron chi connectivity index (χ4n) is 2.56. The first kappa shape index (κ1) is 14.7. The average Bonchev–Trinajstić information content (AvgIpc) is 2.72. The van der Waals surface area contributed by atoms with Crippen molar-refractivity contribution in [2.45, 2.75) is 18.6 Å². The summed E-state index contributed by atoms with van der Waals surface area (Å²) in [7, 11) is 3.83. The molecule has 3 N–H and O–H groups in total. The van der Waals surface area contributed by atoms with Crippen molar-refractivity contribution in [1.29, 1.82) is 0 Å². The molecule has 20 heavy (non-hydrogen) atoms. The lowest BCUT2D eigenvalue weighted by molar-refractivity contribution is 0.0698. The summed E-state index contributed by atoms with van der Waals surface area (Å²) >= 11 is 0. The number of benzene rings is 1. The summed E-state index contributed by atoms with van der Waals surface area (Å²) < 4.78 is 13.5. The van der Waals surface area contributed by atoms with Crippen LogP contribution in [0.2, 0.25) is 0 Å². The van der Waals surface area contributed by atoms with Crippen molar-refractivity contribution in [3.8, 4) is 0 Å². The van der Waals surface area contributed by atoms with E-state index in [2.05, 4.69) is 0 Å². The van der Waals surface area contributed by atoms with Crippen LogP contribution in [-0.2, 0) is 0 Å². The van der Waals surface area contributed by atoms with Crippen LogP contribution in [0.4, 0.5) is 10.1 Å². The number of β-amino-alcohol motifs (C(OH)–C–C–N with tert-alkyl or cyclic N) is 1. The molecule has 1 aliphatic heterocycles. The fourth-order valence-corrected chi connectivity index (χ4v) is 2.56. The maximum absolute atomic E-state index is 13.5. The van der Waals surface area contributed by atoms with E-state index >= 15 is 0 Å². The van der Waals surface area contributed by atoms with Gasteiger partial charge in [0.1, 0.15) is 5.82 Å². The van der Waals surface area contributed by atoms with Crippen LogP contribution < -0.4 is 5.73 Å². The number of hydrogen-bond acceptors (Lipinski definition) is 4. The molecule has 1 aliphatic rings. The molecule has 0 saturated carbocycles. The first-order chi connectivity index (χ1) is 9.38. The van der Waals surface area contributed by atoms with Gasteiger partial charge in [0, 0.05) is 24.7 Å². The predicted octanol–water partition coefficient (Wildman–Crippen LogP) is 0.545. The molecule has 1 saturated heterocycles. The van der Waals surface area contributed by atoms with Crippen LogP contribution in [0.1, 0.15) is 16.8 Å². The zero-order chi connectivity index (χ0) is 14.9. The van der Waals surface area contributed by atoms with Crippen molar-refractivity contribution in [2.24, 2.45) is 0 Å². The minimum Gasteiger partial charge on any atom is -0.396 e. The van der Waals surface area contributed by atoms with Gasteiger partial charge in [-0.2, -0.15) is 0 Å². The number of amides is 1. The summed E-state index contributed by atoms with van der Waals surface area (Å²) in [6.07, 6.45) is 0.0176. The standard InChI is InChI=1S/C14H20FN3O2/c1-17(2)7-10-6-11(19)8-18(10)14(20)9-3-4-13(16)12(15)5-9/h3-5,10-11,19H,6-8,16H2,1-2H3. The van der Waals surface area contributed by atoms with Gasteiger partial charge in [0.05, 0.1) is 11.8 Å². The van der Waals surface area contributed by atoms with Gasteiger partial charge in [0.2, 0.25) is 0 Å². The second kappa shape index (κ2) is 5.76. The lowest BCUT2D eigenvalue weighted by atomic mass is 10.1. The molecule has 2 atom stereocenters. The first-order valence-corrected chi connectivity index (χ1v) is 6.57. The third-order valence-electron chi connectivity index (χ3n) is 3.48. The Morgan fingerprint density at radius 2 is 2.25 bits per heavy atom. The molecule has 1 aromatic carbocycles. The molecule has 2 rings (SSSR count). The number of rotatable bonds is 3. The Balaban J connectivity index is 2.19. The van der Waals surface area contributed by atoms with Gasteiger partial charge in [0.15, 0.2) is 0 Å². The molecule has 1 aromatic rings. The zero-order valence-corrected chi connectivity index (χ0v) is 11.7. The molecule has 1 fully saturated rings. The van der Waals surface area contributed by atoms with E-state index in [-0.39, 0.29) is 29.7 Å². The third kappa shape index (κ3) is 3.08. The number of anilines is 1. The molecule has 1 amide bonds.